The molecule has 2 aromatic rings. The smallest absolute Gasteiger partial charge is 0.318 e. The molecule has 0 bridgehead atoms. The van der Waals surface area contributed by atoms with Crippen LogP contribution in [0.3, 0.4) is 0 Å². The summed E-state index contributed by atoms with van der Waals surface area (Å²) < 4.78 is 5.62. The molecule has 7 nitrogen and oxygen atoms in total. The van der Waals surface area contributed by atoms with Crippen molar-refractivity contribution in [2.24, 2.45) is 0 Å². The molecule has 2 aliphatic heterocycles. The fourth-order valence-electron chi connectivity index (χ4n) is 4.60. The summed E-state index contributed by atoms with van der Waals surface area (Å²) in [6.07, 6.45) is 8.07. The van der Waals surface area contributed by atoms with Crippen molar-refractivity contribution in [3.05, 3.63) is 46.5 Å². The number of halogens is 2. The van der Waals surface area contributed by atoms with Crippen molar-refractivity contribution in [1.82, 2.24) is 25.1 Å². The molecule has 4 rings (SSSR count). The van der Waals surface area contributed by atoms with Crippen molar-refractivity contribution >= 4 is 29.2 Å². The summed E-state index contributed by atoms with van der Waals surface area (Å²) >= 11 is 13.5. The first-order chi connectivity index (χ1) is 15.4. The molecule has 0 spiro atoms. The number of piperidine rings is 1. The molecule has 9 heteroatoms. The molecule has 0 aliphatic carbocycles. The van der Waals surface area contributed by atoms with Crippen molar-refractivity contribution in [2.75, 3.05) is 40.4 Å². The minimum atomic E-state index is -0.637. The number of nitrogens with one attached hydrogen (secondary N) is 1. The van der Waals surface area contributed by atoms with Crippen molar-refractivity contribution in [3.63, 3.8) is 0 Å². The number of rotatable bonds is 4. The highest BCUT2D eigenvalue weighted by Crippen LogP contribution is 2.43. The van der Waals surface area contributed by atoms with Crippen LogP contribution in [-0.2, 0) is 10.3 Å². The molecule has 1 aromatic heterocycles. The molecule has 0 atom stereocenters. The maximum atomic E-state index is 13.3. The monoisotopic (exact) mass is 477 g/mol. The van der Waals surface area contributed by atoms with E-state index in [1.54, 1.807) is 12.4 Å². The topological polar surface area (TPSA) is 70.6 Å². The van der Waals surface area contributed by atoms with Gasteiger partial charge in [-0.25, -0.2) is 14.8 Å². The normalized spacial score (nSPS) is 19.5. The van der Waals surface area contributed by atoms with E-state index in [0.717, 1.165) is 42.6 Å². The predicted octanol–water partition coefficient (Wildman–Crippen LogP) is 4.19. The van der Waals surface area contributed by atoms with Gasteiger partial charge in [-0.05, 0) is 51.4 Å². The third-order valence-electron chi connectivity index (χ3n) is 6.72. The van der Waals surface area contributed by atoms with E-state index in [1.165, 1.54) is 6.33 Å². The summed E-state index contributed by atoms with van der Waals surface area (Å²) in [6, 6.07) is 4.01. The molecular weight excluding hydrogens is 449 g/mol. The molecule has 0 saturated carbocycles. The number of aromatic nitrogens is 2. The van der Waals surface area contributed by atoms with E-state index < -0.39 is 5.54 Å². The van der Waals surface area contributed by atoms with E-state index in [4.69, 9.17) is 27.9 Å². The van der Waals surface area contributed by atoms with Crippen LogP contribution in [0.4, 0.5) is 4.79 Å². The van der Waals surface area contributed by atoms with Crippen LogP contribution in [-0.4, -0.2) is 72.2 Å². The standard InChI is InChI=1S/C23H29Cl2N5O2/c1-29-9-5-17(6-10-29)30(2)22(31)28-23(7-11-32-12-8-23)19-4-3-18(20(24)21(19)25)16-13-26-15-27-14-16/h3-4,13-15,17H,5-12H2,1-2H3,(H,28,31). The number of amides is 2. The number of carbonyl (C=O) groups excluding carboxylic acids is 1. The summed E-state index contributed by atoms with van der Waals surface area (Å²) in [6.45, 7) is 3.07. The van der Waals surface area contributed by atoms with E-state index in [-0.39, 0.29) is 12.1 Å². The first kappa shape index (κ1) is 23.2. The Morgan fingerprint density at radius 1 is 1.16 bits per heavy atom. The Morgan fingerprint density at radius 3 is 2.47 bits per heavy atom. The molecular formula is C23H29Cl2N5O2. The lowest BCUT2D eigenvalue weighted by Crippen LogP contribution is -2.56. The Morgan fingerprint density at radius 2 is 1.81 bits per heavy atom. The van der Waals surface area contributed by atoms with E-state index >= 15 is 0 Å². The maximum Gasteiger partial charge on any atom is 0.318 e. The summed E-state index contributed by atoms with van der Waals surface area (Å²) in [5.41, 5.74) is 1.73. The number of nitrogens with zero attached hydrogens (tertiary/aromatic N) is 4. The Hall–Kier alpha value is -1.93. The lowest BCUT2D eigenvalue weighted by molar-refractivity contribution is 0.0373. The van der Waals surface area contributed by atoms with Crippen molar-refractivity contribution in [3.8, 4) is 11.1 Å². The SMILES string of the molecule is CN1CCC(N(C)C(=O)NC2(c3ccc(-c4cncnc4)c(Cl)c3Cl)CCOCC2)CC1. The van der Waals surface area contributed by atoms with Gasteiger partial charge < -0.3 is 19.9 Å². The number of hydrogen-bond acceptors (Lipinski definition) is 5. The lowest BCUT2D eigenvalue weighted by Gasteiger charge is -2.42. The van der Waals surface area contributed by atoms with Gasteiger partial charge in [-0.2, -0.15) is 0 Å². The molecule has 2 amide bonds. The second kappa shape index (κ2) is 9.91. The quantitative estimate of drug-likeness (QED) is 0.714. The molecule has 2 aliphatic rings. The van der Waals surface area contributed by atoms with Gasteiger partial charge in [0.05, 0.1) is 15.6 Å². The number of likely N-dealkylation sites (tertiary alicyclic amines) is 1. The number of hydrogen-bond donors (Lipinski definition) is 1. The number of benzene rings is 1. The zero-order valence-corrected chi connectivity index (χ0v) is 20.0. The molecule has 3 heterocycles. The highest BCUT2D eigenvalue weighted by molar-refractivity contribution is 6.44. The Bertz CT molecular complexity index is 945. The van der Waals surface area contributed by atoms with E-state index in [1.807, 2.05) is 24.1 Å². The molecule has 1 N–H and O–H groups in total. The molecule has 2 saturated heterocycles. The summed E-state index contributed by atoms with van der Waals surface area (Å²) in [5, 5.41) is 4.18. The van der Waals surface area contributed by atoms with Gasteiger partial charge in [-0.1, -0.05) is 35.3 Å². The largest absolute Gasteiger partial charge is 0.381 e. The van der Waals surface area contributed by atoms with Crippen LogP contribution in [0.15, 0.2) is 30.9 Å². The van der Waals surface area contributed by atoms with Gasteiger partial charge in [0.15, 0.2) is 0 Å². The molecule has 32 heavy (non-hydrogen) atoms. The summed E-state index contributed by atoms with van der Waals surface area (Å²) in [4.78, 5) is 25.6. The second-order valence-electron chi connectivity index (χ2n) is 8.69. The fraction of sp³-hybridized carbons (Fsp3) is 0.522. The van der Waals surface area contributed by atoms with Gasteiger partial charge in [-0.15, -0.1) is 0 Å². The third-order valence-corrected chi connectivity index (χ3v) is 7.60. The first-order valence-corrected chi connectivity index (χ1v) is 11.7. The Kier molecular flexibility index (Phi) is 7.20. The fourth-order valence-corrected chi connectivity index (χ4v) is 5.22. The van der Waals surface area contributed by atoms with Crippen molar-refractivity contribution < 1.29 is 9.53 Å². The van der Waals surface area contributed by atoms with Gasteiger partial charge in [0.2, 0.25) is 0 Å². The molecule has 2 fully saturated rings. The van der Waals surface area contributed by atoms with Gasteiger partial charge in [0.1, 0.15) is 6.33 Å². The van der Waals surface area contributed by atoms with Crippen molar-refractivity contribution in [1.29, 1.82) is 0 Å². The highest BCUT2D eigenvalue weighted by atomic mass is 35.5. The Labute approximate surface area is 199 Å². The number of ether oxygens (including phenoxy) is 1. The van der Waals surface area contributed by atoms with E-state index in [0.29, 0.717) is 36.1 Å². The summed E-state index contributed by atoms with van der Waals surface area (Å²) in [7, 11) is 4.00. The highest BCUT2D eigenvalue weighted by Gasteiger charge is 2.40. The molecule has 0 unspecified atom stereocenters. The van der Waals surface area contributed by atoms with Crippen molar-refractivity contribution in [2.45, 2.75) is 37.3 Å². The third kappa shape index (κ3) is 4.71. The van der Waals surface area contributed by atoms with Crippen LogP contribution in [0.2, 0.25) is 10.0 Å². The minimum absolute atomic E-state index is 0.0887. The van der Waals surface area contributed by atoms with Gasteiger partial charge >= 0.3 is 6.03 Å². The van der Waals surface area contributed by atoms with Gasteiger partial charge in [-0.3, -0.25) is 0 Å². The first-order valence-electron chi connectivity index (χ1n) is 11.0. The number of urea groups is 1. The minimum Gasteiger partial charge on any atom is -0.381 e. The molecule has 172 valence electrons. The zero-order valence-electron chi connectivity index (χ0n) is 18.5. The van der Waals surface area contributed by atoms with Crippen LogP contribution < -0.4 is 5.32 Å². The number of carbonyl (C=O) groups is 1. The van der Waals surface area contributed by atoms with Gasteiger partial charge in [0, 0.05) is 49.8 Å². The van der Waals surface area contributed by atoms with E-state index in [9.17, 15) is 4.79 Å². The van der Waals surface area contributed by atoms with Crippen LogP contribution in [0, 0.1) is 0 Å². The maximum absolute atomic E-state index is 13.3. The average Bonchev–Trinajstić information content (AvgIpc) is 2.82. The van der Waals surface area contributed by atoms with Crippen LogP contribution in [0.1, 0.15) is 31.2 Å². The summed E-state index contributed by atoms with van der Waals surface area (Å²) in [5.74, 6) is 0. The zero-order chi connectivity index (χ0) is 22.7. The lowest BCUT2D eigenvalue weighted by atomic mass is 9.82. The second-order valence-corrected chi connectivity index (χ2v) is 9.44. The average molecular weight is 478 g/mol. The predicted molar refractivity (Wildman–Crippen MR) is 126 cm³/mol. The Balaban J connectivity index is 1.62. The van der Waals surface area contributed by atoms with Crippen LogP contribution in [0.25, 0.3) is 11.1 Å². The van der Waals surface area contributed by atoms with Crippen LogP contribution >= 0.6 is 23.2 Å². The van der Waals surface area contributed by atoms with Crippen LogP contribution in [0.5, 0.6) is 0 Å². The molecule has 1 aromatic carbocycles. The molecule has 0 radical (unpaired) electrons. The van der Waals surface area contributed by atoms with E-state index in [2.05, 4.69) is 27.2 Å². The van der Waals surface area contributed by atoms with Gasteiger partial charge in [0.25, 0.3) is 0 Å².